The van der Waals surface area contributed by atoms with Gasteiger partial charge in [-0.15, -0.1) is 0 Å². The van der Waals surface area contributed by atoms with Gasteiger partial charge in [0.25, 0.3) is 0 Å². The highest BCUT2D eigenvalue weighted by atomic mass is 35.5. The number of halogens is 1. The molecule has 6 heteroatoms. The molecule has 0 aliphatic heterocycles. The smallest absolute Gasteiger partial charge is 0.405 e. The molecule has 2 atom stereocenters. The number of primary amides is 1. The largest absolute Gasteiger partial charge is 0.439 e. The molecule has 0 aromatic heterocycles. The molecule has 0 unspecified atom stereocenters. The summed E-state index contributed by atoms with van der Waals surface area (Å²) in [5.74, 6) is 0. The summed E-state index contributed by atoms with van der Waals surface area (Å²) in [5, 5.41) is 0.550. The monoisotopic (exact) mass is 285 g/mol. The molecule has 0 bridgehead atoms. The highest BCUT2D eigenvalue weighted by Crippen LogP contribution is 2.38. The number of nitrogens with two attached hydrogens (primary N) is 1. The average molecular weight is 286 g/mol. The van der Waals surface area contributed by atoms with Crippen LogP contribution in [0.15, 0.2) is 18.2 Å². The number of carbonyl (C=O) groups excluding carboxylic acids is 1. The second-order valence-corrected chi connectivity index (χ2v) is 4.73. The molecule has 2 N–H and O–H groups in total. The van der Waals surface area contributed by atoms with Crippen molar-refractivity contribution < 1.29 is 19.0 Å². The van der Waals surface area contributed by atoms with Crippen LogP contribution in [-0.2, 0) is 20.6 Å². The number of rotatable bonds is 4. The number of benzene rings is 1. The van der Waals surface area contributed by atoms with Crippen LogP contribution in [0.5, 0.6) is 0 Å². The van der Waals surface area contributed by atoms with E-state index >= 15 is 0 Å². The lowest BCUT2D eigenvalue weighted by Gasteiger charge is -2.32. The quantitative estimate of drug-likeness (QED) is 0.863. The molecule has 5 nitrogen and oxygen atoms in total. The van der Waals surface area contributed by atoms with E-state index in [0.29, 0.717) is 11.4 Å². The molecular formula is C13H16ClNO4. The summed E-state index contributed by atoms with van der Waals surface area (Å²) in [7, 11) is 1.54. The topological polar surface area (TPSA) is 70.8 Å². The molecule has 0 saturated carbocycles. The normalized spacial score (nSPS) is 21.8. The Labute approximate surface area is 116 Å². The van der Waals surface area contributed by atoms with Gasteiger partial charge in [0.05, 0.1) is 0 Å². The van der Waals surface area contributed by atoms with Crippen LogP contribution in [0.25, 0.3) is 0 Å². The Morgan fingerprint density at radius 1 is 1.53 bits per heavy atom. The predicted octanol–water partition coefficient (Wildman–Crippen LogP) is 2.41. The number of aryl methyl sites for hydroxylation is 1. The van der Waals surface area contributed by atoms with Crippen LogP contribution in [0.1, 0.15) is 23.7 Å². The number of amides is 1. The zero-order chi connectivity index (χ0) is 13.8. The summed E-state index contributed by atoms with van der Waals surface area (Å²) in [6.07, 6.45) is -0.217. The highest BCUT2D eigenvalue weighted by molar-refractivity contribution is 6.31. The fraction of sp³-hybridized carbons (Fsp3) is 0.462. The second-order valence-electron chi connectivity index (χ2n) is 4.32. The van der Waals surface area contributed by atoms with Gasteiger partial charge in [-0.3, -0.25) is 0 Å². The van der Waals surface area contributed by atoms with Crippen LogP contribution >= 0.6 is 11.6 Å². The summed E-state index contributed by atoms with van der Waals surface area (Å²) in [4.78, 5) is 11.1. The van der Waals surface area contributed by atoms with Crippen molar-refractivity contribution in [2.45, 2.75) is 25.0 Å². The summed E-state index contributed by atoms with van der Waals surface area (Å²) < 4.78 is 15.6. The van der Waals surface area contributed by atoms with Gasteiger partial charge in [-0.05, 0) is 24.5 Å². The third-order valence-corrected chi connectivity index (χ3v) is 3.44. The molecule has 104 valence electrons. The lowest BCUT2D eigenvalue weighted by molar-refractivity contribution is -0.119. The fourth-order valence-electron chi connectivity index (χ4n) is 2.34. The highest BCUT2D eigenvalue weighted by Gasteiger charge is 2.34. The van der Waals surface area contributed by atoms with E-state index in [1.54, 1.807) is 6.07 Å². The van der Waals surface area contributed by atoms with Crippen LogP contribution in [0.2, 0.25) is 5.02 Å². The Kier molecular flexibility index (Phi) is 4.63. The average Bonchev–Trinajstić information content (AvgIpc) is 2.37. The van der Waals surface area contributed by atoms with Crippen LogP contribution < -0.4 is 5.73 Å². The first-order chi connectivity index (χ1) is 9.13. The number of hydrogen-bond acceptors (Lipinski definition) is 4. The minimum Gasteiger partial charge on any atom is -0.439 e. The van der Waals surface area contributed by atoms with Crippen LogP contribution in [0.4, 0.5) is 4.79 Å². The zero-order valence-corrected chi connectivity index (χ0v) is 11.4. The van der Waals surface area contributed by atoms with Crippen molar-refractivity contribution in [3.05, 3.63) is 34.3 Å². The van der Waals surface area contributed by atoms with Gasteiger partial charge in [-0.2, -0.15) is 0 Å². The Morgan fingerprint density at radius 2 is 2.32 bits per heavy atom. The first kappa shape index (κ1) is 14.1. The number of ether oxygens (including phenoxy) is 3. The summed E-state index contributed by atoms with van der Waals surface area (Å²) >= 11 is 6.20. The Hall–Kier alpha value is -1.30. The maximum Gasteiger partial charge on any atom is 0.405 e. The number of fused-ring (bicyclic) bond motifs is 1. The van der Waals surface area contributed by atoms with Gasteiger partial charge in [-0.1, -0.05) is 23.7 Å². The van der Waals surface area contributed by atoms with E-state index < -0.39 is 12.2 Å². The Bertz CT molecular complexity index is 466. The maximum absolute atomic E-state index is 11.1. The van der Waals surface area contributed by atoms with Crippen molar-refractivity contribution >= 4 is 17.7 Å². The number of hydrogen-bond donors (Lipinski definition) is 1. The summed E-state index contributed by atoms with van der Waals surface area (Å²) in [6.45, 7) is 0.128. The molecule has 1 aromatic rings. The van der Waals surface area contributed by atoms with Crippen molar-refractivity contribution in [3.63, 3.8) is 0 Å². The third kappa shape index (κ3) is 3.18. The van der Waals surface area contributed by atoms with Gasteiger partial charge in [0.2, 0.25) is 0 Å². The van der Waals surface area contributed by atoms with Gasteiger partial charge in [0, 0.05) is 17.7 Å². The minimum atomic E-state index is -0.844. The Morgan fingerprint density at radius 3 is 3.00 bits per heavy atom. The van der Waals surface area contributed by atoms with E-state index in [0.717, 1.165) is 17.5 Å². The molecule has 0 fully saturated rings. The first-order valence-corrected chi connectivity index (χ1v) is 6.35. The Balaban J connectivity index is 2.31. The van der Waals surface area contributed by atoms with Crippen LogP contribution in [-0.4, -0.2) is 26.1 Å². The molecule has 19 heavy (non-hydrogen) atoms. The molecule has 0 spiro atoms. The lowest BCUT2D eigenvalue weighted by Crippen LogP contribution is -2.33. The molecule has 1 aliphatic rings. The summed E-state index contributed by atoms with van der Waals surface area (Å²) in [5.41, 5.74) is 6.96. The molecule has 0 saturated heterocycles. The van der Waals surface area contributed by atoms with E-state index in [9.17, 15) is 4.79 Å². The van der Waals surface area contributed by atoms with E-state index in [1.165, 1.54) is 7.11 Å². The molecule has 1 aromatic carbocycles. The zero-order valence-electron chi connectivity index (χ0n) is 10.6. The van der Waals surface area contributed by atoms with Gasteiger partial charge < -0.3 is 19.9 Å². The van der Waals surface area contributed by atoms with Crippen molar-refractivity contribution in [1.29, 1.82) is 0 Å². The second kappa shape index (κ2) is 6.23. The molecule has 2 rings (SSSR count). The van der Waals surface area contributed by atoms with Gasteiger partial charge in [-0.25, -0.2) is 4.79 Å². The lowest BCUT2D eigenvalue weighted by atomic mass is 9.87. The SMILES string of the molecule is COCO[C@H]1CCc2cccc(Cl)c2[C@H]1OC(N)=O. The van der Waals surface area contributed by atoms with Crippen molar-refractivity contribution in [3.8, 4) is 0 Å². The van der Waals surface area contributed by atoms with Crippen molar-refractivity contribution in [2.75, 3.05) is 13.9 Å². The van der Waals surface area contributed by atoms with Gasteiger partial charge in [0.1, 0.15) is 12.9 Å². The fourth-order valence-corrected chi connectivity index (χ4v) is 2.64. The summed E-state index contributed by atoms with van der Waals surface area (Å²) in [6, 6.07) is 5.60. The molecule has 0 radical (unpaired) electrons. The van der Waals surface area contributed by atoms with E-state index in [2.05, 4.69) is 0 Å². The molecular weight excluding hydrogens is 270 g/mol. The number of carbonyl (C=O) groups is 1. The van der Waals surface area contributed by atoms with Crippen LogP contribution in [0, 0.1) is 0 Å². The van der Waals surface area contributed by atoms with Gasteiger partial charge in [0.15, 0.2) is 6.10 Å². The number of methoxy groups -OCH3 is 1. The minimum absolute atomic E-state index is 0.128. The molecule has 1 aliphatic carbocycles. The maximum atomic E-state index is 11.1. The van der Waals surface area contributed by atoms with E-state index in [4.69, 9.17) is 31.5 Å². The standard InChI is InChI=1S/C13H16ClNO4/c1-17-7-18-10-6-5-8-3-2-4-9(14)11(8)12(10)19-13(15)16/h2-4,10,12H,5-7H2,1H3,(H2,15,16)/t10-,12-/m0/s1. The third-order valence-electron chi connectivity index (χ3n) is 3.11. The van der Waals surface area contributed by atoms with E-state index in [1.807, 2.05) is 12.1 Å². The molecule has 1 amide bonds. The predicted molar refractivity (Wildman–Crippen MR) is 69.9 cm³/mol. The van der Waals surface area contributed by atoms with Gasteiger partial charge >= 0.3 is 6.09 Å². The van der Waals surface area contributed by atoms with Crippen molar-refractivity contribution in [2.24, 2.45) is 5.73 Å². The van der Waals surface area contributed by atoms with E-state index in [-0.39, 0.29) is 12.9 Å². The van der Waals surface area contributed by atoms with Crippen LogP contribution in [0.3, 0.4) is 0 Å². The van der Waals surface area contributed by atoms with Crippen molar-refractivity contribution in [1.82, 2.24) is 0 Å². The first-order valence-electron chi connectivity index (χ1n) is 5.97. The molecule has 0 heterocycles.